The minimum atomic E-state index is -0.315. The van der Waals surface area contributed by atoms with Crippen molar-refractivity contribution in [2.24, 2.45) is 0 Å². The number of carbonyl (C=O) groups is 1. The topological polar surface area (TPSA) is 58.4 Å². The van der Waals surface area contributed by atoms with Crippen LogP contribution in [0.5, 0.6) is 0 Å². The van der Waals surface area contributed by atoms with Gasteiger partial charge in [0.15, 0.2) is 11.5 Å². The number of halogens is 1. The van der Waals surface area contributed by atoms with Gasteiger partial charge in [0.25, 0.3) is 5.91 Å². The number of benzene rings is 2. The first-order valence-electron chi connectivity index (χ1n) is 8.27. The van der Waals surface area contributed by atoms with E-state index in [9.17, 15) is 9.18 Å². The summed E-state index contributed by atoms with van der Waals surface area (Å²) < 4.78 is 18.4. The van der Waals surface area contributed by atoms with Gasteiger partial charge < -0.3 is 14.7 Å². The Morgan fingerprint density at radius 1 is 1.15 bits per heavy atom. The van der Waals surface area contributed by atoms with Crippen molar-refractivity contribution >= 4 is 5.91 Å². The quantitative estimate of drug-likeness (QED) is 0.737. The smallest absolute Gasteiger partial charge is 0.273 e. The molecule has 1 unspecified atom stereocenters. The summed E-state index contributed by atoms with van der Waals surface area (Å²) in [6.07, 6.45) is 0. The minimum Gasteiger partial charge on any atom is -0.355 e. The second-order valence-corrected chi connectivity index (χ2v) is 6.18. The van der Waals surface area contributed by atoms with Gasteiger partial charge in [-0.25, -0.2) is 4.39 Å². The maximum Gasteiger partial charge on any atom is 0.273 e. The molecule has 0 radical (unpaired) electrons. The van der Waals surface area contributed by atoms with Crippen LogP contribution in [0, 0.1) is 5.82 Å². The molecular formula is C20H20FN3O2. The highest BCUT2D eigenvalue weighted by Gasteiger charge is 2.18. The van der Waals surface area contributed by atoms with Crippen molar-refractivity contribution in [3.05, 3.63) is 77.7 Å². The second kappa shape index (κ2) is 7.93. The van der Waals surface area contributed by atoms with E-state index in [4.69, 9.17) is 4.52 Å². The fraction of sp³-hybridized carbons (Fsp3) is 0.200. The summed E-state index contributed by atoms with van der Waals surface area (Å²) >= 11 is 0. The number of likely N-dealkylation sites (N-methyl/N-ethyl adjacent to an activating group) is 1. The molecule has 3 rings (SSSR count). The Morgan fingerprint density at radius 3 is 2.50 bits per heavy atom. The average Bonchev–Trinajstić information content (AvgIpc) is 3.14. The summed E-state index contributed by atoms with van der Waals surface area (Å²) in [5.74, 6) is -0.0605. The van der Waals surface area contributed by atoms with Gasteiger partial charge in [-0.2, -0.15) is 0 Å². The molecule has 0 saturated heterocycles. The summed E-state index contributed by atoms with van der Waals surface area (Å²) in [4.78, 5) is 14.4. The van der Waals surface area contributed by atoms with Crippen LogP contribution in [-0.2, 0) is 0 Å². The van der Waals surface area contributed by atoms with Gasteiger partial charge in [0, 0.05) is 18.2 Å². The van der Waals surface area contributed by atoms with Crippen LogP contribution in [-0.4, -0.2) is 36.6 Å². The number of nitrogens with zero attached hydrogens (tertiary/aromatic N) is 2. The largest absolute Gasteiger partial charge is 0.355 e. The molecule has 3 aromatic rings. The first kappa shape index (κ1) is 17.8. The van der Waals surface area contributed by atoms with Crippen LogP contribution in [0.1, 0.15) is 22.1 Å². The third kappa shape index (κ3) is 4.15. The molecule has 0 saturated carbocycles. The van der Waals surface area contributed by atoms with Crippen molar-refractivity contribution in [1.29, 1.82) is 0 Å². The number of hydrogen-bond acceptors (Lipinski definition) is 4. The van der Waals surface area contributed by atoms with Gasteiger partial charge in [0.05, 0.1) is 6.04 Å². The lowest BCUT2D eigenvalue weighted by Crippen LogP contribution is -2.34. The van der Waals surface area contributed by atoms with Gasteiger partial charge in [0.2, 0.25) is 0 Å². The molecular weight excluding hydrogens is 333 g/mol. The number of nitrogens with one attached hydrogen (secondary N) is 1. The maximum atomic E-state index is 13.1. The van der Waals surface area contributed by atoms with E-state index in [2.05, 4.69) is 10.5 Å². The molecule has 2 aromatic carbocycles. The molecule has 5 nitrogen and oxygen atoms in total. The molecule has 0 bridgehead atoms. The van der Waals surface area contributed by atoms with Gasteiger partial charge in [-0.3, -0.25) is 4.79 Å². The van der Waals surface area contributed by atoms with Crippen LogP contribution in [0.15, 0.2) is 65.2 Å². The third-order valence-electron chi connectivity index (χ3n) is 4.14. The van der Waals surface area contributed by atoms with E-state index in [1.54, 1.807) is 18.2 Å². The zero-order valence-electron chi connectivity index (χ0n) is 14.6. The zero-order chi connectivity index (χ0) is 18.5. The standard InChI is InChI=1S/C20H20FN3O2/c1-24(2)18(14-8-10-16(21)11-9-14)13-22-20(25)17-12-19(26-23-17)15-6-4-3-5-7-15/h3-12,18H,13H2,1-2H3,(H,22,25). The zero-order valence-corrected chi connectivity index (χ0v) is 14.6. The minimum absolute atomic E-state index is 0.0833. The number of aromatic nitrogens is 1. The molecule has 1 N–H and O–H groups in total. The van der Waals surface area contributed by atoms with Crippen LogP contribution in [0.3, 0.4) is 0 Å². The van der Waals surface area contributed by atoms with Crippen molar-refractivity contribution in [2.45, 2.75) is 6.04 Å². The van der Waals surface area contributed by atoms with Crippen LogP contribution in [0.25, 0.3) is 11.3 Å². The van der Waals surface area contributed by atoms with Crippen molar-refractivity contribution in [3.8, 4) is 11.3 Å². The molecule has 1 amide bonds. The monoisotopic (exact) mass is 353 g/mol. The van der Waals surface area contributed by atoms with Crippen LogP contribution >= 0.6 is 0 Å². The predicted molar refractivity (Wildman–Crippen MR) is 97.1 cm³/mol. The Balaban J connectivity index is 1.67. The molecule has 0 spiro atoms. The Morgan fingerprint density at radius 2 is 1.85 bits per heavy atom. The summed E-state index contributed by atoms with van der Waals surface area (Å²) in [7, 11) is 3.81. The fourth-order valence-electron chi connectivity index (χ4n) is 2.68. The number of hydrogen-bond donors (Lipinski definition) is 1. The normalized spacial score (nSPS) is 12.2. The summed E-state index contributed by atoms with van der Waals surface area (Å²) in [6, 6.07) is 17.3. The van der Waals surface area contributed by atoms with Gasteiger partial charge in [-0.15, -0.1) is 0 Å². The van der Waals surface area contributed by atoms with Gasteiger partial charge in [0.1, 0.15) is 5.82 Å². The number of carbonyl (C=O) groups excluding carboxylic acids is 1. The molecule has 6 heteroatoms. The highest BCUT2D eigenvalue weighted by molar-refractivity contribution is 5.93. The van der Waals surface area contributed by atoms with Crippen LogP contribution in [0.4, 0.5) is 4.39 Å². The number of amides is 1. The van der Waals surface area contributed by atoms with E-state index in [1.165, 1.54) is 12.1 Å². The van der Waals surface area contributed by atoms with Crippen molar-refractivity contribution in [3.63, 3.8) is 0 Å². The van der Waals surface area contributed by atoms with Crippen LogP contribution in [0.2, 0.25) is 0 Å². The Hall–Kier alpha value is -2.99. The van der Waals surface area contributed by atoms with Crippen molar-refractivity contribution < 1.29 is 13.7 Å². The summed E-state index contributed by atoms with van der Waals surface area (Å²) in [5, 5.41) is 6.71. The molecule has 0 aliphatic rings. The summed E-state index contributed by atoms with van der Waals surface area (Å²) in [6.45, 7) is 0.366. The van der Waals surface area contributed by atoms with Crippen LogP contribution < -0.4 is 5.32 Å². The van der Waals surface area contributed by atoms with Crippen molar-refractivity contribution in [1.82, 2.24) is 15.4 Å². The molecule has 0 fully saturated rings. The molecule has 0 aliphatic carbocycles. The lowest BCUT2D eigenvalue weighted by atomic mass is 10.1. The Kier molecular flexibility index (Phi) is 5.43. The van der Waals surface area contributed by atoms with E-state index in [0.29, 0.717) is 12.3 Å². The highest BCUT2D eigenvalue weighted by atomic mass is 19.1. The van der Waals surface area contributed by atoms with Gasteiger partial charge in [-0.1, -0.05) is 47.6 Å². The molecule has 1 aromatic heterocycles. The van der Waals surface area contributed by atoms with E-state index in [1.807, 2.05) is 49.3 Å². The molecule has 1 heterocycles. The first-order chi connectivity index (χ1) is 12.5. The lowest BCUT2D eigenvalue weighted by Gasteiger charge is -2.25. The highest BCUT2D eigenvalue weighted by Crippen LogP contribution is 2.20. The van der Waals surface area contributed by atoms with Gasteiger partial charge >= 0.3 is 0 Å². The second-order valence-electron chi connectivity index (χ2n) is 6.18. The molecule has 134 valence electrons. The lowest BCUT2D eigenvalue weighted by molar-refractivity contribution is 0.0933. The van der Waals surface area contributed by atoms with Gasteiger partial charge in [-0.05, 0) is 31.8 Å². The van der Waals surface area contributed by atoms with E-state index in [0.717, 1.165) is 11.1 Å². The average molecular weight is 353 g/mol. The molecule has 1 atom stereocenters. The first-order valence-corrected chi connectivity index (χ1v) is 8.27. The SMILES string of the molecule is CN(C)C(CNC(=O)c1cc(-c2ccccc2)on1)c1ccc(F)cc1. The van der Waals surface area contributed by atoms with E-state index >= 15 is 0 Å². The van der Waals surface area contributed by atoms with E-state index < -0.39 is 0 Å². The fourth-order valence-corrected chi connectivity index (χ4v) is 2.68. The third-order valence-corrected chi connectivity index (χ3v) is 4.14. The Bertz CT molecular complexity index is 860. The molecule has 0 aliphatic heterocycles. The summed E-state index contributed by atoms with van der Waals surface area (Å²) in [5.41, 5.74) is 2.00. The van der Waals surface area contributed by atoms with E-state index in [-0.39, 0.29) is 23.5 Å². The maximum absolute atomic E-state index is 13.1. The number of rotatable bonds is 6. The van der Waals surface area contributed by atoms with Crippen molar-refractivity contribution in [2.75, 3.05) is 20.6 Å². The predicted octanol–water partition coefficient (Wildman–Crippen LogP) is 3.51. The Labute approximate surface area is 151 Å². The molecule has 26 heavy (non-hydrogen) atoms.